The molecule has 0 spiro atoms. The maximum atomic E-state index is 5.91. The van der Waals surface area contributed by atoms with Gasteiger partial charge in [0.05, 0.1) is 0 Å². The van der Waals surface area contributed by atoms with E-state index in [4.69, 9.17) is 5.73 Å². The van der Waals surface area contributed by atoms with Crippen LogP contribution < -0.4 is 11.1 Å². The van der Waals surface area contributed by atoms with Crippen molar-refractivity contribution in [3.8, 4) is 0 Å². The maximum absolute atomic E-state index is 5.91. The lowest BCUT2D eigenvalue weighted by molar-refractivity contribution is 0.314. The van der Waals surface area contributed by atoms with Crippen molar-refractivity contribution in [2.24, 2.45) is 5.92 Å². The van der Waals surface area contributed by atoms with Crippen LogP contribution in [0.3, 0.4) is 0 Å². The van der Waals surface area contributed by atoms with Crippen molar-refractivity contribution < 1.29 is 0 Å². The first kappa shape index (κ1) is 20.6. The fourth-order valence-electron chi connectivity index (χ4n) is 4.47. The maximum Gasteiger partial charge on any atom is 0.123 e. The zero-order valence-corrected chi connectivity index (χ0v) is 17.6. The Morgan fingerprint density at radius 1 is 0.867 bits per heavy atom. The molecule has 1 fully saturated rings. The molecule has 0 bridgehead atoms. The van der Waals surface area contributed by atoms with Crippen molar-refractivity contribution in [1.29, 1.82) is 0 Å². The largest absolute Gasteiger partial charge is 0.384 e. The second-order valence-electron chi connectivity index (χ2n) is 8.35. The minimum absolute atomic E-state index is 0.479. The van der Waals surface area contributed by atoms with Crippen LogP contribution in [0.15, 0.2) is 78.9 Å². The number of likely N-dealkylation sites (tertiary alicyclic amines) is 1. The molecule has 3 N–H and O–H groups in total. The minimum atomic E-state index is 0.479. The molecule has 4 rings (SSSR count). The van der Waals surface area contributed by atoms with Crippen molar-refractivity contribution in [2.75, 3.05) is 25.4 Å². The average Bonchev–Trinajstić information content (AvgIpc) is 3.13. The molecule has 0 aliphatic carbocycles. The van der Waals surface area contributed by atoms with Crippen LogP contribution in [0, 0.1) is 5.92 Å². The summed E-state index contributed by atoms with van der Waals surface area (Å²) in [5, 5.41) is 3.85. The highest BCUT2D eigenvalue weighted by Gasteiger charge is 2.32. The van der Waals surface area contributed by atoms with Gasteiger partial charge in [0, 0.05) is 31.4 Å². The topological polar surface area (TPSA) is 54.2 Å². The van der Waals surface area contributed by atoms with Gasteiger partial charge in [0.25, 0.3) is 0 Å². The first-order valence-electron chi connectivity index (χ1n) is 11.0. The Bertz CT molecular complexity index is 897. The summed E-state index contributed by atoms with van der Waals surface area (Å²) < 4.78 is 0. The van der Waals surface area contributed by atoms with Gasteiger partial charge in [0.2, 0.25) is 0 Å². The Labute approximate surface area is 180 Å². The van der Waals surface area contributed by atoms with E-state index in [2.05, 4.69) is 81.9 Å². The van der Waals surface area contributed by atoms with E-state index in [0.717, 1.165) is 51.1 Å². The molecule has 0 saturated carbocycles. The van der Waals surface area contributed by atoms with E-state index in [1.54, 1.807) is 0 Å². The lowest BCUT2D eigenvalue weighted by atomic mass is 9.97. The van der Waals surface area contributed by atoms with Crippen LogP contribution in [0.5, 0.6) is 0 Å². The fourth-order valence-corrected chi connectivity index (χ4v) is 4.47. The van der Waals surface area contributed by atoms with E-state index < -0.39 is 0 Å². The van der Waals surface area contributed by atoms with E-state index in [9.17, 15) is 0 Å². The lowest BCUT2D eigenvalue weighted by Gasteiger charge is -2.20. The van der Waals surface area contributed by atoms with Crippen LogP contribution in [-0.4, -0.2) is 35.6 Å². The molecule has 3 aromatic rings. The van der Waals surface area contributed by atoms with Gasteiger partial charge in [0.1, 0.15) is 5.82 Å². The fraction of sp³-hybridized carbons (Fsp3) is 0.346. The van der Waals surface area contributed by atoms with Crippen LogP contribution >= 0.6 is 0 Å². The van der Waals surface area contributed by atoms with Crippen LogP contribution in [0.1, 0.15) is 23.2 Å². The predicted octanol–water partition coefficient (Wildman–Crippen LogP) is 3.93. The predicted molar refractivity (Wildman–Crippen MR) is 124 cm³/mol. The Balaban J connectivity index is 1.35. The van der Waals surface area contributed by atoms with Crippen molar-refractivity contribution in [1.82, 2.24) is 15.2 Å². The number of nitrogens with two attached hydrogens (primary N) is 1. The Morgan fingerprint density at radius 2 is 1.60 bits per heavy atom. The summed E-state index contributed by atoms with van der Waals surface area (Å²) in [5.74, 6) is 1.15. The molecule has 4 nitrogen and oxygen atoms in total. The number of benzene rings is 2. The molecule has 1 aliphatic heterocycles. The number of nitrogens with zero attached hydrogens (tertiary/aromatic N) is 2. The van der Waals surface area contributed by atoms with Gasteiger partial charge in [-0.1, -0.05) is 66.7 Å². The summed E-state index contributed by atoms with van der Waals surface area (Å²) >= 11 is 0. The molecule has 2 aromatic carbocycles. The van der Waals surface area contributed by atoms with Gasteiger partial charge >= 0.3 is 0 Å². The molecule has 2 heterocycles. The Morgan fingerprint density at radius 3 is 2.33 bits per heavy atom. The summed E-state index contributed by atoms with van der Waals surface area (Å²) in [6.07, 6.45) is 3.24. The van der Waals surface area contributed by atoms with Gasteiger partial charge in [-0.25, -0.2) is 4.98 Å². The first-order chi connectivity index (χ1) is 14.8. The number of pyridine rings is 1. The van der Waals surface area contributed by atoms with E-state index >= 15 is 0 Å². The smallest absolute Gasteiger partial charge is 0.123 e. The summed E-state index contributed by atoms with van der Waals surface area (Å²) in [7, 11) is 0. The van der Waals surface area contributed by atoms with Crippen LogP contribution in [0.25, 0.3) is 0 Å². The number of aryl methyl sites for hydroxylation is 1. The standard InChI is InChI=1S/C26H32N4/c27-26-15-7-14-24(29-26)17-23-19-30(18-22-11-5-2-6-12-22)20-25(23)28-16-8-13-21-9-3-1-4-10-21/h1-7,9-12,14-15,23,25,28H,8,13,16-20H2,(H2,27,29)/t23-,25+/m0/s1. The first-order valence-corrected chi connectivity index (χ1v) is 11.0. The number of anilines is 1. The number of nitrogens with one attached hydrogen (secondary N) is 1. The Kier molecular flexibility index (Phi) is 7.11. The third-order valence-corrected chi connectivity index (χ3v) is 5.96. The molecule has 0 amide bonds. The molecule has 0 unspecified atom stereocenters. The summed E-state index contributed by atoms with van der Waals surface area (Å²) in [6.45, 7) is 4.21. The molecule has 156 valence electrons. The molecule has 4 heteroatoms. The van der Waals surface area contributed by atoms with Crippen molar-refractivity contribution in [3.05, 3.63) is 95.7 Å². The van der Waals surface area contributed by atoms with Gasteiger partial charge in [-0.15, -0.1) is 0 Å². The van der Waals surface area contributed by atoms with Gasteiger partial charge in [-0.2, -0.15) is 0 Å². The van der Waals surface area contributed by atoms with E-state index in [-0.39, 0.29) is 0 Å². The molecular formula is C26H32N4. The third-order valence-electron chi connectivity index (χ3n) is 5.96. The van der Waals surface area contributed by atoms with Gasteiger partial charge in [0.15, 0.2) is 0 Å². The third kappa shape index (κ3) is 5.91. The monoisotopic (exact) mass is 400 g/mol. The highest BCUT2D eigenvalue weighted by Crippen LogP contribution is 2.23. The van der Waals surface area contributed by atoms with Gasteiger partial charge < -0.3 is 11.1 Å². The second kappa shape index (κ2) is 10.4. The number of hydrogen-bond donors (Lipinski definition) is 2. The van der Waals surface area contributed by atoms with E-state index in [0.29, 0.717) is 17.8 Å². The Hall–Kier alpha value is -2.69. The molecular weight excluding hydrogens is 368 g/mol. The SMILES string of the molecule is Nc1cccc(C[C@H]2CN(Cc3ccccc3)C[C@H]2NCCCc2ccccc2)n1. The van der Waals surface area contributed by atoms with Crippen molar-refractivity contribution in [2.45, 2.75) is 31.8 Å². The number of aromatic nitrogens is 1. The second-order valence-corrected chi connectivity index (χ2v) is 8.35. The zero-order valence-electron chi connectivity index (χ0n) is 17.6. The molecule has 0 radical (unpaired) electrons. The highest BCUT2D eigenvalue weighted by molar-refractivity contribution is 5.29. The summed E-state index contributed by atoms with van der Waals surface area (Å²) in [6, 6.07) is 28.0. The average molecular weight is 401 g/mol. The van der Waals surface area contributed by atoms with Crippen LogP contribution in [0.4, 0.5) is 5.82 Å². The number of rotatable bonds is 9. The van der Waals surface area contributed by atoms with E-state index in [1.165, 1.54) is 11.1 Å². The van der Waals surface area contributed by atoms with Crippen molar-refractivity contribution in [3.63, 3.8) is 0 Å². The highest BCUT2D eigenvalue weighted by atomic mass is 15.2. The molecule has 1 aliphatic rings. The van der Waals surface area contributed by atoms with Gasteiger partial charge in [-0.3, -0.25) is 4.90 Å². The minimum Gasteiger partial charge on any atom is -0.384 e. The molecule has 2 atom stereocenters. The molecule has 1 aromatic heterocycles. The lowest BCUT2D eigenvalue weighted by Crippen LogP contribution is -2.38. The van der Waals surface area contributed by atoms with Crippen LogP contribution in [0.2, 0.25) is 0 Å². The molecule has 1 saturated heterocycles. The summed E-state index contributed by atoms with van der Waals surface area (Å²) in [4.78, 5) is 7.12. The van der Waals surface area contributed by atoms with Gasteiger partial charge in [-0.05, 0) is 55.0 Å². The normalized spacial score (nSPS) is 19.2. The summed E-state index contributed by atoms with van der Waals surface area (Å²) in [5.41, 5.74) is 9.80. The van der Waals surface area contributed by atoms with E-state index in [1.807, 2.05) is 12.1 Å². The zero-order chi connectivity index (χ0) is 20.6. The van der Waals surface area contributed by atoms with Crippen LogP contribution in [-0.2, 0) is 19.4 Å². The molecule has 30 heavy (non-hydrogen) atoms. The number of nitrogen functional groups attached to an aromatic ring is 1. The quantitative estimate of drug-likeness (QED) is 0.535. The van der Waals surface area contributed by atoms with Crippen molar-refractivity contribution >= 4 is 5.82 Å². The number of hydrogen-bond acceptors (Lipinski definition) is 4.